The van der Waals surface area contributed by atoms with Crippen LogP contribution in [0.25, 0.3) is 11.3 Å². The van der Waals surface area contributed by atoms with Crippen LogP contribution in [0.2, 0.25) is 0 Å². The maximum atomic E-state index is 13.7. The van der Waals surface area contributed by atoms with E-state index in [0.29, 0.717) is 29.9 Å². The van der Waals surface area contributed by atoms with Crippen LogP contribution in [0.15, 0.2) is 24.3 Å². The van der Waals surface area contributed by atoms with E-state index in [9.17, 15) is 9.18 Å². The van der Waals surface area contributed by atoms with Crippen molar-refractivity contribution in [3.05, 3.63) is 41.6 Å². The highest BCUT2D eigenvalue weighted by molar-refractivity contribution is 5.66. The van der Waals surface area contributed by atoms with Crippen LogP contribution in [-0.2, 0) is 11.2 Å². The molecule has 19 heavy (non-hydrogen) atoms. The maximum absolute atomic E-state index is 13.7. The number of H-pyrrole nitrogens is 1. The summed E-state index contributed by atoms with van der Waals surface area (Å²) in [4.78, 5) is 17.9. The molecule has 2 aromatic rings. The first kappa shape index (κ1) is 13.3. The Morgan fingerprint density at radius 2 is 2.16 bits per heavy atom. The number of hydrogen-bond acceptors (Lipinski definition) is 2. The molecular formula is C14H15FN2O2. The Labute approximate surface area is 110 Å². The minimum absolute atomic E-state index is 0.106. The van der Waals surface area contributed by atoms with Gasteiger partial charge in [-0.3, -0.25) is 4.79 Å². The fourth-order valence-corrected chi connectivity index (χ4v) is 1.96. The molecule has 2 N–H and O–H groups in total. The van der Waals surface area contributed by atoms with E-state index in [-0.39, 0.29) is 12.2 Å². The van der Waals surface area contributed by atoms with Crippen molar-refractivity contribution in [1.29, 1.82) is 0 Å². The molecule has 0 saturated heterocycles. The van der Waals surface area contributed by atoms with Gasteiger partial charge in [-0.15, -0.1) is 0 Å². The van der Waals surface area contributed by atoms with Gasteiger partial charge in [-0.25, -0.2) is 9.37 Å². The number of carbonyl (C=O) groups is 1. The Morgan fingerprint density at radius 1 is 1.42 bits per heavy atom. The van der Waals surface area contributed by atoms with Crippen LogP contribution in [-0.4, -0.2) is 21.0 Å². The molecule has 0 aliphatic rings. The zero-order chi connectivity index (χ0) is 13.8. The minimum atomic E-state index is -0.822. The van der Waals surface area contributed by atoms with Gasteiger partial charge in [0.1, 0.15) is 11.6 Å². The van der Waals surface area contributed by atoms with Gasteiger partial charge < -0.3 is 10.1 Å². The zero-order valence-electron chi connectivity index (χ0n) is 10.6. The van der Waals surface area contributed by atoms with Crippen LogP contribution in [0.1, 0.15) is 24.4 Å². The number of carboxylic acid groups (broad SMARTS) is 1. The second-order valence-electron chi connectivity index (χ2n) is 4.38. The van der Waals surface area contributed by atoms with Gasteiger partial charge in [0, 0.05) is 24.1 Å². The molecule has 0 fully saturated rings. The first-order chi connectivity index (χ1) is 9.08. The summed E-state index contributed by atoms with van der Waals surface area (Å²) < 4.78 is 13.7. The molecule has 0 unspecified atom stereocenters. The Morgan fingerprint density at radius 3 is 2.84 bits per heavy atom. The SMILES string of the molecule is Cc1[nH]c(CCCC(=O)O)nc1-c1ccccc1F. The highest BCUT2D eigenvalue weighted by atomic mass is 19.1. The number of aliphatic carboxylic acids is 1. The van der Waals surface area contributed by atoms with E-state index in [1.165, 1.54) is 6.07 Å². The van der Waals surface area contributed by atoms with Crippen LogP contribution < -0.4 is 0 Å². The first-order valence-corrected chi connectivity index (χ1v) is 6.10. The van der Waals surface area contributed by atoms with Gasteiger partial charge in [-0.1, -0.05) is 12.1 Å². The Balaban J connectivity index is 2.17. The molecule has 1 heterocycles. The maximum Gasteiger partial charge on any atom is 0.303 e. The number of benzene rings is 1. The van der Waals surface area contributed by atoms with Crippen molar-refractivity contribution in [2.45, 2.75) is 26.2 Å². The molecule has 100 valence electrons. The quantitative estimate of drug-likeness (QED) is 0.870. The Bertz CT molecular complexity index is 593. The highest BCUT2D eigenvalue weighted by Gasteiger charge is 2.12. The molecule has 0 spiro atoms. The highest BCUT2D eigenvalue weighted by Crippen LogP contribution is 2.24. The van der Waals surface area contributed by atoms with Crippen LogP contribution in [0.4, 0.5) is 4.39 Å². The third kappa shape index (κ3) is 3.19. The number of nitrogens with one attached hydrogen (secondary N) is 1. The standard InChI is InChI=1S/C14H15FN2O2/c1-9-14(10-5-2-3-6-11(10)15)17-12(16-9)7-4-8-13(18)19/h2-3,5-6H,4,7-8H2,1H3,(H,16,17)(H,18,19). The van der Waals surface area contributed by atoms with Crippen molar-refractivity contribution in [2.75, 3.05) is 0 Å². The van der Waals surface area contributed by atoms with E-state index >= 15 is 0 Å². The number of aromatic amines is 1. The summed E-state index contributed by atoms with van der Waals surface area (Å²) in [6.07, 6.45) is 1.16. The normalized spacial score (nSPS) is 10.6. The molecule has 0 atom stereocenters. The summed E-state index contributed by atoms with van der Waals surface area (Å²) in [5, 5.41) is 8.59. The van der Waals surface area contributed by atoms with Crippen molar-refractivity contribution >= 4 is 5.97 Å². The van der Waals surface area contributed by atoms with E-state index in [4.69, 9.17) is 5.11 Å². The van der Waals surface area contributed by atoms with Crippen molar-refractivity contribution in [1.82, 2.24) is 9.97 Å². The molecule has 0 bridgehead atoms. The van der Waals surface area contributed by atoms with E-state index in [1.54, 1.807) is 18.2 Å². The van der Waals surface area contributed by atoms with Gasteiger partial charge in [-0.2, -0.15) is 0 Å². The molecule has 0 radical (unpaired) electrons. The predicted octanol–water partition coefficient (Wildman–Crippen LogP) is 2.93. The summed E-state index contributed by atoms with van der Waals surface area (Å²) >= 11 is 0. The summed E-state index contributed by atoms with van der Waals surface area (Å²) in [5.74, 6) is -0.441. The van der Waals surface area contributed by atoms with Crippen LogP contribution in [0.3, 0.4) is 0 Å². The number of halogens is 1. The lowest BCUT2D eigenvalue weighted by Gasteiger charge is -1.99. The topological polar surface area (TPSA) is 66.0 Å². The first-order valence-electron chi connectivity index (χ1n) is 6.10. The predicted molar refractivity (Wildman–Crippen MR) is 69.3 cm³/mol. The molecule has 1 aromatic carbocycles. The Kier molecular flexibility index (Phi) is 3.94. The summed E-state index contributed by atoms with van der Waals surface area (Å²) in [5.41, 5.74) is 1.83. The largest absolute Gasteiger partial charge is 0.481 e. The van der Waals surface area contributed by atoms with Crippen molar-refractivity contribution < 1.29 is 14.3 Å². The summed E-state index contributed by atoms with van der Waals surface area (Å²) in [6.45, 7) is 1.83. The molecule has 0 amide bonds. The van der Waals surface area contributed by atoms with Gasteiger partial charge in [0.05, 0.1) is 5.69 Å². The second kappa shape index (κ2) is 5.65. The lowest BCUT2D eigenvalue weighted by molar-refractivity contribution is -0.137. The van der Waals surface area contributed by atoms with Crippen molar-refractivity contribution in [2.24, 2.45) is 0 Å². The average Bonchev–Trinajstić information content (AvgIpc) is 2.70. The zero-order valence-corrected chi connectivity index (χ0v) is 10.6. The lowest BCUT2D eigenvalue weighted by atomic mass is 10.1. The van der Waals surface area contributed by atoms with Gasteiger partial charge in [0.2, 0.25) is 0 Å². The number of aryl methyl sites for hydroxylation is 2. The Hall–Kier alpha value is -2.17. The van der Waals surface area contributed by atoms with E-state index in [2.05, 4.69) is 9.97 Å². The monoisotopic (exact) mass is 262 g/mol. The van der Waals surface area contributed by atoms with Crippen molar-refractivity contribution in [3.8, 4) is 11.3 Å². The van der Waals surface area contributed by atoms with E-state index < -0.39 is 5.97 Å². The number of imidazole rings is 1. The molecule has 5 heteroatoms. The number of rotatable bonds is 5. The minimum Gasteiger partial charge on any atom is -0.481 e. The number of aromatic nitrogens is 2. The molecule has 1 aromatic heterocycles. The fourth-order valence-electron chi connectivity index (χ4n) is 1.96. The van der Waals surface area contributed by atoms with E-state index in [0.717, 1.165) is 5.69 Å². The van der Waals surface area contributed by atoms with Crippen LogP contribution in [0, 0.1) is 12.7 Å². The van der Waals surface area contributed by atoms with Gasteiger partial charge in [0.15, 0.2) is 0 Å². The van der Waals surface area contributed by atoms with Gasteiger partial charge in [0.25, 0.3) is 0 Å². The van der Waals surface area contributed by atoms with E-state index in [1.807, 2.05) is 6.92 Å². The third-order valence-electron chi connectivity index (χ3n) is 2.87. The van der Waals surface area contributed by atoms with Crippen LogP contribution >= 0.6 is 0 Å². The number of hydrogen-bond donors (Lipinski definition) is 2. The number of nitrogens with zero attached hydrogens (tertiary/aromatic N) is 1. The molecule has 0 aliphatic heterocycles. The lowest BCUT2D eigenvalue weighted by Crippen LogP contribution is -1.97. The summed E-state index contributed by atoms with van der Waals surface area (Å²) in [7, 11) is 0. The molecule has 0 saturated carbocycles. The van der Waals surface area contributed by atoms with Crippen LogP contribution in [0.5, 0.6) is 0 Å². The molecule has 4 nitrogen and oxygen atoms in total. The molecule has 0 aliphatic carbocycles. The second-order valence-corrected chi connectivity index (χ2v) is 4.38. The van der Waals surface area contributed by atoms with Gasteiger partial charge >= 0.3 is 5.97 Å². The van der Waals surface area contributed by atoms with Gasteiger partial charge in [-0.05, 0) is 25.5 Å². The smallest absolute Gasteiger partial charge is 0.303 e. The van der Waals surface area contributed by atoms with Crippen molar-refractivity contribution in [3.63, 3.8) is 0 Å². The fraction of sp³-hybridized carbons (Fsp3) is 0.286. The average molecular weight is 262 g/mol. The molecular weight excluding hydrogens is 247 g/mol. The third-order valence-corrected chi connectivity index (χ3v) is 2.87. The molecule has 2 rings (SSSR count). The number of carboxylic acids is 1. The summed E-state index contributed by atoms with van der Waals surface area (Å²) in [6, 6.07) is 6.47.